The van der Waals surface area contributed by atoms with Crippen LogP contribution in [0.5, 0.6) is 0 Å². The molecular formula is C14H10N2O2. The SMILES string of the molecule is O=[N+]([O-])c1ccccc1-c1ccc2[nH]ccc2c1. The summed E-state index contributed by atoms with van der Waals surface area (Å²) in [6.07, 6.45) is 1.86. The number of hydrogen-bond acceptors (Lipinski definition) is 2. The Labute approximate surface area is 103 Å². The Morgan fingerprint density at radius 3 is 2.72 bits per heavy atom. The van der Waals surface area contributed by atoms with Crippen molar-refractivity contribution in [2.45, 2.75) is 0 Å². The van der Waals surface area contributed by atoms with Crippen molar-refractivity contribution in [3.05, 3.63) is 64.8 Å². The number of nitro benzene ring substituents is 1. The van der Waals surface area contributed by atoms with Crippen molar-refractivity contribution in [3.63, 3.8) is 0 Å². The van der Waals surface area contributed by atoms with Gasteiger partial charge < -0.3 is 4.98 Å². The number of nitro groups is 1. The van der Waals surface area contributed by atoms with E-state index >= 15 is 0 Å². The van der Waals surface area contributed by atoms with Crippen molar-refractivity contribution in [1.82, 2.24) is 4.98 Å². The summed E-state index contributed by atoms with van der Waals surface area (Å²) < 4.78 is 0. The molecule has 0 spiro atoms. The molecule has 0 bridgehead atoms. The van der Waals surface area contributed by atoms with Gasteiger partial charge in [-0.3, -0.25) is 10.1 Å². The molecule has 1 N–H and O–H groups in total. The highest BCUT2D eigenvalue weighted by Crippen LogP contribution is 2.31. The first-order chi connectivity index (χ1) is 8.75. The minimum atomic E-state index is -0.351. The molecule has 0 fully saturated rings. The summed E-state index contributed by atoms with van der Waals surface area (Å²) in [5.74, 6) is 0. The van der Waals surface area contributed by atoms with Gasteiger partial charge in [-0.1, -0.05) is 18.2 Å². The van der Waals surface area contributed by atoms with Crippen molar-refractivity contribution in [2.24, 2.45) is 0 Å². The van der Waals surface area contributed by atoms with Crippen molar-refractivity contribution in [2.75, 3.05) is 0 Å². The van der Waals surface area contributed by atoms with E-state index in [2.05, 4.69) is 4.98 Å². The largest absolute Gasteiger partial charge is 0.361 e. The van der Waals surface area contributed by atoms with E-state index in [9.17, 15) is 10.1 Å². The smallest absolute Gasteiger partial charge is 0.277 e. The van der Waals surface area contributed by atoms with E-state index in [0.29, 0.717) is 5.56 Å². The molecule has 0 saturated carbocycles. The van der Waals surface area contributed by atoms with Gasteiger partial charge in [-0.15, -0.1) is 0 Å². The molecule has 3 rings (SSSR count). The fourth-order valence-corrected chi connectivity index (χ4v) is 2.10. The van der Waals surface area contributed by atoms with E-state index in [-0.39, 0.29) is 10.6 Å². The minimum absolute atomic E-state index is 0.132. The van der Waals surface area contributed by atoms with Gasteiger partial charge in [-0.05, 0) is 35.2 Å². The first-order valence-corrected chi connectivity index (χ1v) is 5.56. The van der Waals surface area contributed by atoms with Crippen molar-refractivity contribution >= 4 is 16.6 Å². The van der Waals surface area contributed by atoms with Gasteiger partial charge in [0.15, 0.2) is 0 Å². The Bertz CT molecular complexity index is 731. The number of aromatic nitrogens is 1. The Morgan fingerprint density at radius 1 is 1.06 bits per heavy atom. The van der Waals surface area contributed by atoms with Gasteiger partial charge in [-0.2, -0.15) is 0 Å². The number of para-hydroxylation sites is 1. The average Bonchev–Trinajstić information content (AvgIpc) is 2.85. The number of benzene rings is 2. The minimum Gasteiger partial charge on any atom is -0.361 e. The maximum Gasteiger partial charge on any atom is 0.277 e. The Morgan fingerprint density at radius 2 is 1.89 bits per heavy atom. The summed E-state index contributed by atoms with van der Waals surface area (Å²) in [5, 5.41) is 12.1. The van der Waals surface area contributed by atoms with E-state index in [1.54, 1.807) is 12.1 Å². The monoisotopic (exact) mass is 238 g/mol. The maximum atomic E-state index is 11.0. The van der Waals surface area contributed by atoms with Crippen LogP contribution in [0.3, 0.4) is 0 Å². The number of hydrogen-bond donors (Lipinski definition) is 1. The van der Waals surface area contributed by atoms with Gasteiger partial charge in [0, 0.05) is 17.8 Å². The zero-order valence-corrected chi connectivity index (χ0v) is 9.46. The summed E-state index contributed by atoms with van der Waals surface area (Å²) >= 11 is 0. The third kappa shape index (κ3) is 1.64. The number of fused-ring (bicyclic) bond motifs is 1. The molecule has 0 aliphatic rings. The highest BCUT2D eigenvalue weighted by atomic mass is 16.6. The van der Waals surface area contributed by atoms with Gasteiger partial charge in [0.05, 0.1) is 10.5 Å². The number of H-pyrrole nitrogens is 1. The molecule has 0 radical (unpaired) electrons. The van der Waals surface area contributed by atoms with Crippen LogP contribution in [0.25, 0.3) is 22.0 Å². The van der Waals surface area contributed by atoms with Gasteiger partial charge in [-0.25, -0.2) is 0 Å². The molecule has 1 heterocycles. The molecule has 2 aromatic carbocycles. The predicted molar refractivity (Wildman–Crippen MR) is 70.4 cm³/mol. The van der Waals surface area contributed by atoms with Gasteiger partial charge in [0.1, 0.15) is 0 Å². The van der Waals surface area contributed by atoms with Crippen molar-refractivity contribution < 1.29 is 4.92 Å². The van der Waals surface area contributed by atoms with Gasteiger partial charge >= 0.3 is 0 Å². The molecule has 4 nitrogen and oxygen atoms in total. The Balaban J connectivity index is 2.22. The van der Waals surface area contributed by atoms with Crippen LogP contribution in [-0.4, -0.2) is 9.91 Å². The zero-order valence-electron chi connectivity index (χ0n) is 9.46. The molecule has 0 amide bonds. The molecule has 88 valence electrons. The summed E-state index contributed by atoms with van der Waals surface area (Å²) in [4.78, 5) is 13.8. The second-order valence-corrected chi connectivity index (χ2v) is 4.05. The number of nitrogens with one attached hydrogen (secondary N) is 1. The second kappa shape index (κ2) is 4.00. The van der Waals surface area contributed by atoms with E-state index < -0.39 is 0 Å². The summed E-state index contributed by atoms with van der Waals surface area (Å²) in [6, 6.07) is 14.5. The third-order valence-electron chi connectivity index (χ3n) is 2.97. The van der Waals surface area contributed by atoms with Crippen LogP contribution in [0.15, 0.2) is 54.7 Å². The third-order valence-corrected chi connectivity index (χ3v) is 2.97. The maximum absolute atomic E-state index is 11.0. The van der Waals surface area contributed by atoms with Gasteiger partial charge in [0.25, 0.3) is 5.69 Å². The lowest BCUT2D eigenvalue weighted by atomic mass is 10.0. The topological polar surface area (TPSA) is 58.9 Å². The lowest BCUT2D eigenvalue weighted by Crippen LogP contribution is -1.91. The Kier molecular flexibility index (Phi) is 2.34. The van der Waals surface area contributed by atoms with E-state index in [1.807, 2.05) is 36.5 Å². The van der Waals surface area contributed by atoms with E-state index in [0.717, 1.165) is 16.5 Å². The van der Waals surface area contributed by atoms with Gasteiger partial charge in [0.2, 0.25) is 0 Å². The molecule has 0 saturated heterocycles. The molecule has 3 aromatic rings. The Hall–Kier alpha value is -2.62. The zero-order chi connectivity index (χ0) is 12.5. The molecule has 0 atom stereocenters. The fraction of sp³-hybridized carbons (Fsp3) is 0. The van der Waals surface area contributed by atoms with Crippen LogP contribution in [0.1, 0.15) is 0 Å². The van der Waals surface area contributed by atoms with Crippen molar-refractivity contribution in [3.8, 4) is 11.1 Å². The quantitative estimate of drug-likeness (QED) is 0.546. The van der Waals surface area contributed by atoms with E-state index in [4.69, 9.17) is 0 Å². The van der Waals surface area contributed by atoms with Crippen LogP contribution >= 0.6 is 0 Å². The highest BCUT2D eigenvalue weighted by Gasteiger charge is 2.14. The lowest BCUT2D eigenvalue weighted by Gasteiger charge is -2.03. The second-order valence-electron chi connectivity index (χ2n) is 4.05. The first kappa shape index (κ1) is 10.5. The number of rotatable bonds is 2. The number of aromatic amines is 1. The van der Waals surface area contributed by atoms with Crippen LogP contribution < -0.4 is 0 Å². The predicted octanol–water partition coefficient (Wildman–Crippen LogP) is 3.74. The lowest BCUT2D eigenvalue weighted by molar-refractivity contribution is -0.384. The summed E-state index contributed by atoms with van der Waals surface area (Å²) in [5.41, 5.74) is 2.66. The molecule has 0 aliphatic heterocycles. The van der Waals surface area contributed by atoms with Crippen LogP contribution in [0.4, 0.5) is 5.69 Å². The highest BCUT2D eigenvalue weighted by molar-refractivity contribution is 5.86. The average molecular weight is 238 g/mol. The summed E-state index contributed by atoms with van der Waals surface area (Å²) in [7, 11) is 0. The van der Waals surface area contributed by atoms with Crippen LogP contribution in [0.2, 0.25) is 0 Å². The van der Waals surface area contributed by atoms with Crippen LogP contribution in [0, 0.1) is 10.1 Å². The number of nitrogens with zero attached hydrogens (tertiary/aromatic N) is 1. The van der Waals surface area contributed by atoms with Crippen LogP contribution in [-0.2, 0) is 0 Å². The first-order valence-electron chi connectivity index (χ1n) is 5.56. The molecular weight excluding hydrogens is 228 g/mol. The van der Waals surface area contributed by atoms with E-state index in [1.165, 1.54) is 6.07 Å². The molecule has 4 heteroatoms. The normalized spacial score (nSPS) is 10.7. The summed E-state index contributed by atoms with van der Waals surface area (Å²) in [6.45, 7) is 0. The standard InChI is InChI=1S/C14H10N2O2/c17-16(18)14-4-2-1-3-12(14)10-5-6-13-11(9-10)7-8-15-13/h1-9,15H. The van der Waals surface area contributed by atoms with Crippen molar-refractivity contribution in [1.29, 1.82) is 0 Å². The fourth-order valence-electron chi connectivity index (χ4n) is 2.10. The molecule has 0 aliphatic carbocycles. The molecule has 1 aromatic heterocycles. The molecule has 18 heavy (non-hydrogen) atoms. The molecule has 0 unspecified atom stereocenters.